The molecule has 0 bridgehead atoms. The van der Waals surface area contributed by atoms with Gasteiger partial charge in [0, 0.05) is 0 Å². The Kier molecular flexibility index (Phi) is 3.15. The van der Waals surface area contributed by atoms with E-state index in [1.54, 1.807) is 13.8 Å². The van der Waals surface area contributed by atoms with Gasteiger partial charge in [0.1, 0.15) is 24.4 Å². The van der Waals surface area contributed by atoms with Crippen molar-refractivity contribution in [2.24, 2.45) is 0 Å². The summed E-state index contributed by atoms with van der Waals surface area (Å²) in [5.41, 5.74) is 0. The van der Waals surface area contributed by atoms with Crippen LogP contribution in [0.15, 0.2) is 0 Å². The van der Waals surface area contributed by atoms with E-state index in [9.17, 15) is 15.0 Å². The van der Waals surface area contributed by atoms with Crippen molar-refractivity contribution >= 4 is 5.97 Å². The van der Waals surface area contributed by atoms with Crippen LogP contribution in [0.1, 0.15) is 27.2 Å². The predicted molar refractivity (Wildman–Crippen MR) is 56.0 cm³/mol. The predicted octanol–water partition coefficient (Wildman–Crippen LogP) is -0.436. The van der Waals surface area contributed by atoms with Gasteiger partial charge in [0.05, 0.1) is 0 Å². The summed E-state index contributed by atoms with van der Waals surface area (Å²) in [5, 5.41) is 19.5. The lowest BCUT2D eigenvalue weighted by Crippen LogP contribution is -2.45. The average molecular weight is 246 g/mol. The second-order valence-electron chi connectivity index (χ2n) is 4.88. The fourth-order valence-electron chi connectivity index (χ4n) is 2.29. The molecule has 6 heteroatoms. The first-order valence-corrected chi connectivity index (χ1v) is 5.78. The van der Waals surface area contributed by atoms with Gasteiger partial charge in [-0.25, -0.2) is 4.79 Å². The first-order valence-electron chi connectivity index (χ1n) is 5.78. The van der Waals surface area contributed by atoms with Crippen molar-refractivity contribution in [1.29, 1.82) is 0 Å². The van der Waals surface area contributed by atoms with Crippen molar-refractivity contribution in [1.82, 2.24) is 0 Å². The molecule has 0 aromatic carbocycles. The maximum atomic E-state index is 11.4. The maximum Gasteiger partial charge on any atom is 0.338 e. The minimum Gasteiger partial charge on any atom is -0.458 e. The number of carbonyl (C=O) groups excluding carboxylic acids is 1. The Bertz CT molecular complexity index is 307. The largest absolute Gasteiger partial charge is 0.458 e. The number of ether oxygens (including phenoxy) is 3. The average Bonchev–Trinajstić information content (AvgIpc) is 2.56. The summed E-state index contributed by atoms with van der Waals surface area (Å²) in [6.45, 7) is 5.28. The van der Waals surface area contributed by atoms with Crippen LogP contribution in [-0.2, 0) is 19.0 Å². The Hall–Kier alpha value is -0.690. The van der Waals surface area contributed by atoms with Gasteiger partial charge in [0.15, 0.2) is 11.9 Å². The van der Waals surface area contributed by atoms with Crippen LogP contribution in [-0.4, -0.2) is 52.5 Å². The Morgan fingerprint density at radius 1 is 1.24 bits per heavy atom. The number of rotatable bonds is 1. The molecule has 0 radical (unpaired) electrons. The van der Waals surface area contributed by atoms with Crippen molar-refractivity contribution in [3.05, 3.63) is 0 Å². The lowest BCUT2D eigenvalue weighted by molar-refractivity contribution is -0.190. The number of hydrogen-bond acceptors (Lipinski definition) is 6. The summed E-state index contributed by atoms with van der Waals surface area (Å²) in [4.78, 5) is 11.4. The molecule has 0 amide bonds. The van der Waals surface area contributed by atoms with Crippen LogP contribution in [0.2, 0.25) is 0 Å². The van der Waals surface area contributed by atoms with Gasteiger partial charge in [0.2, 0.25) is 0 Å². The van der Waals surface area contributed by atoms with Crippen molar-refractivity contribution in [3.8, 4) is 0 Å². The van der Waals surface area contributed by atoms with Crippen LogP contribution < -0.4 is 0 Å². The van der Waals surface area contributed by atoms with E-state index in [2.05, 4.69) is 0 Å². The van der Waals surface area contributed by atoms with E-state index in [1.807, 2.05) is 6.92 Å². The summed E-state index contributed by atoms with van der Waals surface area (Å²) in [6.07, 6.45) is -4.20. The topological polar surface area (TPSA) is 85.2 Å². The molecule has 2 saturated heterocycles. The first kappa shape index (κ1) is 12.8. The molecular weight excluding hydrogens is 228 g/mol. The van der Waals surface area contributed by atoms with E-state index in [0.29, 0.717) is 6.42 Å². The Morgan fingerprint density at radius 3 is 2.41 bits per heavy atom. The molecule has 2 aliphatic rings. The summed E-state index contributed by atoms with van der Waals surface area (Å²) >= 11 is 0. The van der Waals surface area contributed by atoms with Gasteiger partial charge >= 0.3 is 5.97 Å². The van der Waals surface area contributed by atoms with Crippen molar-refractivity contribution in [3.63, 3.8) is 0 Å². The maximum absolute atomic E-state index is 11.4. The molecule has 0 spiro atoms. The molecule has 2 aliphatic heterocycles. The lowest BCUT2D eigenvalue weighted by Gasteiger charge is -2.22. The van der Waals surface area contributed by atoms with Crippen molar-refractivity contribution < 1.29 is 29.2 Å². The highest BCUT2D eigenvalue weighted by Gasteiger charge is 2.54. The van der Waals surface area contributed by atoms with Gasteiger partial charge in [-0.15, -0.1) is 0 Å². The fourth-order valence-corrected chi connectivity index (χ4v) is 2.29. The van der Waals surface area contributed by atoms with Crippen LogP contribution in [0.25, 0.3) is 0 Å². The van der Waals surface area contributed by atoms with E-state index in [-0.39, 0.29) is 0 Å². The number of fused-ring (bicyclic) bond motifs is 1. The monoisotopic (exact) mass is 246 g/mol. The fraction of sp³-hybridized carbons (Fsp3) is 0.909. The van der Waals surface area contributed by atoms with Crippen molar-refractivity contribution in [2.45, 2.75) is 63.5 Å². The van der Waals surface area contributed by atoms with E-state index in [0.717, 1.165) is 0 Å². The highest BCUT2D eigenvalue weighted by atomic mass is 16.8. The number of carbonyl (C=O) groups is 1. The van der Waals surface area contributed by atoms with Gasteiger partial charge in [0.25, 0.3) is 0 Å². The second kappa shape index (κ2) is 4.20. The summed E-state index contributed by atoms with van der Waals surface area (Å²) in [6, 6.07) is 0. The number of esters is 1. The van der Waals surface area contributed by atoms with Gasteiger partial charge in [-0.05, 0) is 20.3 Å². The third-order valence-corrected chi connectivity index (χ3v) is 3.10. The molecule has 0 unspecified atom stereocenters. The molecule has 2 fully saturated rings. The van der Waals surface area contributed by atoms with Crippen LogP contribution in [0.5, 0.6) is 0 Å². The normalized spacial score (nSPS) is 45.0. The summed E-state index contributed by atoms with van der Waals surface area (Å²) < 4.78 is 16.3. The Labute approximate surface area is 99.5 Å². The van der Waals surface area contributed by atoms with Gasteiger partial charge < -0.3 is 24.4 Å². The van der Waals surface area contributed by atoms with E-state index in [1.165, 1.54) is 0 Å². The third kappa shape index (κ3) is 2.18. The van der Waals surface area contributed by atoms with E-state index in [4.69, 9.17) is 14.2 Å². The smallest absolute Gasteiger partial charge is 0.338 e. The zero-order valence-electron chi connectivity index (χ0n) is 10.1. The molecule has 0 aliphatic carbocycles. The minimum atomic E-state index is -1.59. The molecule has 2 rings (SSSR count). The highest BCUT2D eigenvalue weighted by Crippen LogP contribution is 2.36. The summed E-state index contributed by atoms with van der Waals surface area (Å²) in [5.74, 6) is -1.68. The quantitative estimate of drug-likeness (QED) is 0.610. The molecule has 98 valence electrons. The van der Waals surface area contributed by atoms with E-state index >= 15 is 0 Å². The first-order chi connectivity index (χ1) is 7.85. The molecule has 2 N–H and O–H groups in total. The van der Waals surface area contributed by atoms with Gasteiger partial charge in [-0.1, -0.05) is 6.92 Å². The van der Waals surface area contributed by atoms with Gasteiger partial charge in [-0.2, -0.15) is 0 Å². The lowest BCUT2D eigenvalue weighted by atomic mass is 10.0. The molecule has 5 atom stereocenters. The molecule has 0 saturated carbocycles. The zero-order valence-corrected chi connectivity index (χ0v) is 10.1. The second-order valence-corrected chi connectivity index (χ2v) is 4.88. The number of aliphatic hydroxyl groups is 2. The Balaban J connectivity index is 2.29. The molecule has 2 heterocycles. The molecule has 6 nitrogen and oxygen atoms in total. The van der Waals surface area contributed by atoms with Crippen LogP contribution in [0, 0.1) is 0 Å². The number of cyclic esters (lactones) is 1. The van der Waals surface area contributed by atoms with Crippen molar-refractivity contribution in [2.75, 3.05) is 0 Å². The highest BCUT2D eigenvalue weighted by molar-refractivity contribution is 5.76. The number of aliphatic hydroxyl groups excluding tert-OH is 2. The van der Waals surface area contributed by atoms with Crippen LogP contribution in [0.4, 0.5) is 0 Å². The zero-order chi connectivity index (χ0) is 12.8. The standard InChI is InChI=1S/C11H18O6/c1-4-5-8-9(17-11(2,3)16-8)6(12)7(13)10(14)15-5/h5-9,12-13H,4H2,1-3H3/t5-,6+,7-,8+,9-/m1/s1. The van der Waals surface area contributed by atoms with Crippen LogP contribution >= 0.6 is 0 Å². The molecule has 0 aromatic heterocycles. The van der Waals surface area contributed by atoms with Gasteiger partial charge in [-0.3, -0.25) is 0 Å². The SMILES string of the molecule is CC[C@H]1OC(=O)[C@H](O)[C@H](O)[C@H]2OC(C)(C)O[C@H]21. The third-order valence-electron chi connectivity index (χ3n) is 3.10. The summed E-state index contributed by atoms with van der Waals surface area (Å²) in [7, 11) is 0. The van der Waals surface area contributed by atoms with E-state index < -0.39 is 42.3 Å². The minimum absolute atomic E-state index is 0.513. The molecule has 0 aromatic rings. The Morgan fingerprint density at radius 2 is 1.82 bits per heavy atom. The number of hydrogen-bond donors (Lipinski definition) is 2. The molecule has 17 heavy (non-hydrogen) atoms. The molecular formula is C11H18O6. The van der Waals surface area contributed by atoms with Crippen LogP contribution in [0.3, 0.4) is 0 Å².